The van der Waals surface area contributed by atoms with Gasteiger partial charge in [0.25, 0.3) is 10.0 Å². The van der Waals surface area contributed by atoms with E-state index in [1.54, 1.807) is 0 Å². The number of piperazine rings is 1. The van der Waals surface area contributed by atoms with E-state index in [-0.39, 0.29) is 37.0 Å². The van der Waals surface area contributed by atoms with E-state index in [9.17, 15) is 26.4 Å². The van der Waals surface area contributed by atoms with E-state index in [0.29, 0.717) is 6.29 Å². The summed E-state index contributed by atoms with van der Waals surface area (Å²) in [6.45, 7) is -1.21. The maximum atomic E-state index is 12.3. The fourth-order valence-corrected chi connectivity index (χ4v) is 3.39. The molecule has 0 atom stereocenters. The second-order valence-electron chi connectivity index (χ2n) is 4.57. The van der Waals surface area contributed by atoms with E-state index in [1.807, 2.05) is 0 Å². The summed E-state index contributed by atoms with van der Waals surface area (Å²) >= 11 is 0. The Hall–Kier alpha value is -1.39. The van der Waals surface area contributed by atoms with Gasteiger partial charge < -0.3 is 4.42 Å². The quantitative estimate of drug-likeness (QED) is 0.771. The lowest BCUT2D eigenvalue weighted by atomic mass is 10.3. The first-order valence-corrected chi connectivity index (χ1v) is 7.51. The van der Waals surface area contributed by atoms with Crippen molar-refractivity contribution in [3.05, 3.63) is 17.9 Å². The summed E-state index contributed by atoms with van der Waals surface area (Å²) in [6, 6.07) is 2.38. The number of rotatable bonds is 4. The highest BCUT2D eigenvalue weighted by Crippen LogP contribution is 2.21. The topological polar surface area (TPSA) is 70.8 Å². The molecule has 1 fully saturated rings. The smallest absolute Gasteiger partial charge is 0.401 e. The van der Waals surface area contributed by atoms with Crippen molar-refractivity contribution >= 4 is 16.3 Å². The van der Waals surface area contributed by atoms with Gasteiger partial charge in [-0.2, -0.15) is 17.5 Å². The predicted molar refractivity (Wildman–Crippen MR) is 65.3 cm³/mol. The average Bonchev–Trinajstić information content (AvgIpc) is 2.87. The monoisotopic (exact) mass is 326 g/mol. The van der Waals surface area contributed by atoms with Crippen LogP contribution >= 0.6 is 0 Å². The molecule has 1 aromatic heterocycles. The lowest BCUT2D eigenvalue weighted by molar-refractivity contribution is -0.148. The van der Waals surface area contributed by atoms with Crippen molar-refractivity contribution in [2.24, 2.45) is 0 Å². The Morgan fingerprint density at radius 2 is 1.81 bits per heavy atom. The minimum absolute atomic E-state index is 0.0139. The van der Waals surface area contributed by atoms with Crippen LogP contribution in [0.2, 0.25) is 0 Å². The number of furan rings is 1. The van der Waals surface area contributed by atoms with Crippen LogP contribution in [0.5, 0.6) is 0 Å². The summed E-state index contributed by atoms with van der Waals surface area (Å²) in [5, 5.41) is -0.381. The molecule has 0 spiro atoms. The number of carbonyl (C=O) groups is 1. The lowest BCUT2D eigenvalue weighted by Gasteiger charge is -2.33. The highest BCUT2D eigenvalue weighted by molar-refractivity contribution is 7.89. The van der Waals surface area contributed by atoms with Crippen molar-refractivity contribution in [3.63, 3.8) is 0 Å². The van der Waals surface area contributed by atoms with Gasteiger partial charge in [-0.1, -0.05) is 0 Å². The van der Waals surface area contributed by atoms with Crippen LogP contribution in [0, 0.1) is 0 Å². The van der Waals surface area contributed by atoms with Gasteiger partial charge in [-0.15, -0.1) is 0 Å². The molecule has 0 radical (unpaired) electrons. The Bertz CT molecular complexity index is 603. The van der Waals surface area contributed by atoms with Gasteiger partial charge in [0.05, 0.1) is 6.54 Å². The molecule has 2 rings (SSSR count). The van der Waals surface area contributed by atoms with Crippen molar-refractivity contribution < 1.29 is 30.8 Å². The van der Waals surface area contributed by atoms with Gasteiger partial charge in [-0.3, -0.25) is 9.69 Å². The highest BCUT2D eigenvalue weighted by atomic mass is 32.2. The van der Waals surface area contributed by atoms with Crippen LogP contribution in [0.15, 0.2) is 21.6 Å². The van der Waals surface area contributed by atoms with Crippen LogP contribution in [0.25, 0.3) is 0 Å². The minimum atomic E-state index is -4.30. The summed E-state index contributed by atoms with van der Waals surface area (Å²) in [6.07, 6.45) is -3.93. The third-order valence-corrected chi connectivity index (χ3v) is 4.82. The molecule has 1 saturated heterocycles. The molecular weight excluding hydrogens is 313 g/mol. The van der Waals surface area contributed by atoms with E-state index in [2.05, 4.69) is 0 Å². The second kappa shape index (κ2) is 5.78. The number of sulfonamides is 1. The minimum Gasteiger partial charge on any atom is -0.440 e. The molecule has 0 bridgehead atoms. The Balaban J connectivity index is 2.02. The third-order valence-electron chi connectivity index (χ3n) is 3.05. The van der Waals surface area contributed by atoms with Crippen molar-refractivity contribution in [3.8, 4) is 0 Å². The maximum absolute atomic E-state index is 12.3. The van der Waals surface area contributed by atoms with Gasteiger partial charge in [0.2, 0.25) is 5.09 Å². The highest BCUT2D eigenvalue weighted by Gasteiger charge is 2.35. The molecule has 1 aliphatic rings. The molecule has 1 aromatic rings. The Kier molecular flexibility index (Phi) is 4.40. The van der Waals surface area contributed by atoms with E-state index in [4.69, 9.17) is 4.42 Å². The van der Waals surface area contributed by atoms with Crippen LogP contribution in [0.1, 0.15) is 10.6 Å². The van der Waals surface area contributed by atoms with Crippen LogP contribution in [-0.2, 0) is 10.0 Å². The van der Waals surface area contributed by atoms with Crippen LogP contribution in [0.4, 0.5) is 13.2 Å². The van der Waals surface area contributed by atoms with Crippen LogP contribution in [0.3, 0.4) is 0 Å². The lowest BCUT2D eigenvalue weighted by Crippen LogP contribution is -2.50. The third kappa shape index (κ3) is 3.83. The number of aldehydes is 1. The van der Waals surface area contributed by atoms with E-state index in [0.717, 1.165) is 15.3 Å². The zero-order chi connectivity index (χ0) is 15.7. The standard InChI is InChI=1S/C11H13F3N2O4S/c12-11(13,14)8-15-3-5-16(6-4-15)21(18,19)10-2-1-9(7-17)20-10/h1-2,7H,3-6,8H2. The predicted octanol–water partition coefficient (Wildman–Crippen LogP) is 0.961. The van der Waals surface area contributed by atoms with E-state index in [1.165, 1.54) is 6.07 Å². The summed E-state index contributed by atoms with van der Waals surface area (Å²) in [4.78, 5) is 11.6. The number of carbonyl (C=O) groups excluding carboxylic acids is 1. The molecule has 6 nitrogen and oxygen atoms in total. The van der Waals surface area contributed by atoms with Crippen LogP contribution in [-0.4, -0.2) is 62.8 Å². The first kappa shape index (κ1) is 16.0. The van der Waals surface area contributed by atoms with Gasteiger partial charge in [-0.25, -0.2) is 8.42 Å². The van der Waals surface area contributed by atoms with Crippen LogP contribution < -0.4 is 0 Å². The Morgan fingerprint density at radius 3 is 2.29 bits per heavy atom. The molecule has 0 unspecified atom stereocenters. The number of hydrogen-bond acceptors (Lipinski definition) is 5. The molecule has 1 aliphatic heterocycles. The SMILES string of the molecule is O=Cc1ccc(S(=O)(=O)N2CCN(CC(F)(F)F)CC2)o1. The summed E-state index contributed by atoms with van der Waals surface area (Å²) in [5.41, 5.74) is 0. The molecule has 0 N–H and O–H groups in total. The van der Waals surface area contributed by atoms with E-state index >= 15 is 0 Å². The molecule has 10 heteroatoms. The molecule has 0 aromatic carbocycles. The molecule has 0 amide bonds. The van der Waals surface area contributed by atoms with Gasteiger partial charge in [0, 0.05) is 26.2 Å². The van der Waals surface area contributed by atoms with Crippen molar-refractivity contribution in [1.29, 1.82) is 0 Å². The van der Waals surface area contributed by atoms with Gasteiger partial charge >= 0.3 is 6.18 Å². The second-order valence-corrected chi connectivity index (χ2v) is 6.44. The number of nitrogens with zero attached hydrogens (tertiary/aromatic N) is 2. The first-order valence-electron chi connectivity index (χ1n) is 6.06. The normalized spacial score (nSPS) is 18.8. The Labute approximate surface area is 119 Å². The van der Waals surface area contributed by atoms with E-state index < -0.39 is 22.7 Å². The molecule has 0 saturated carbocycles. The zero-order valence-corrected chi connectivity index (χ0v) is 11.7. The van der Waals surface area contributed by atoms with Gasteiger partial charge in [0.15, 0.2) is 12.0 Å². The van der Waals surface area contributed by atoms with Gasteiger partial charge in [-0.05, 0) is 12.1 Å². The number of alkyl halides is 3. The van der Waals surface area contributed by atoms with Crippen molar-refractivity contribution in [1.82, 2.24) is 9.21 Å². The molecule has 0 aliphatic carbocycles. The average molecular weight is 326 g/mol. The molecule has 21 heavy (non-hydrogen) atoms. The molecule has 2 heterocycles. The molecular formula is C11H13F3N2O4S. The maximum Gasteiger partial charge on any atom is 0.401 e. The Morgan fingerprint density at radius 1 is 1.19 bits per heavy atom. The van der Waals surface area contributed by atoms with Crippen molar-refractivity contribution in [2.45, 2.75) is 11.3 Å². The number of halogens is 3. The fraction of sp³-hybridized carbons (Fsp3) is 0.545. The summed E-state index contributed by atoms with van der Waals surface area (Å²) in [5.74, 6) is -0.121. The molecule has 118 valence electrons. The first-order chi connectivity index (χ1) is 9.72. The summed E-state index contributed by atoms with van der Waals surface area (Å²) < 4.78 is 67.1. The van der Waals surface area contributed by atoms with Gasteiger partial charge in [0.1, 0.15) is 0 Å². The fourth-order valence-electron chi connectivity index (χ4n) is 2.05. The zero-order valence-electron chi connectivity index (χ0n) is 10.8. The van der Waals surface area contributed by atoms with Crippen molar-refractivity contribution in [2.75, 3.05) is 32.7 Å². The largest absolute Gasteiger partial charge is 0.440 e. The summed E-state index contributed by atoms with van der Waals surface area (Å²) in [7, 11) is -3.92. The number of hydrogen-bond donors (Lipinski definition) is 0.